The molecule has 7 nitrogen and oxygen atoms in total. The Morgan fingerprint density at radius 2 is 2.00 bits per heavy atom. The standard InChI is InChI=1S/C9H12N4O3/c1-2-3-4-9-5(10-7(15)12-9)6(14)11-8(16)13-9/h2-4H2,1H3,(H,12,15)(H2,11,13,14,16). The van der Waals surface area contributed by atoms with Gasteiger partial charge < -0.3 is 10.6 Å². The molecule has 0 saturated carbocycles. The van der Waals surface area contributed by atoms with Crippen LogP contribution in [-0.4, -0.2) is 29.3 Å². The van der Waals surface area contributed by atoms with Crippen molar-refractivity contribution in [1.29, 1.82) is 0 Å². The molecule has 0 spiro atoms. The van der Waals surface area contributed by atoms with Crippen LogP contribution >= 0.6 is 0 Å². The van der Waals surface area contributed by atoms with E-state index in [0.717, 1.165) is 12.8 Å². The molecule has 2 aliphatic heterocycles. The Hall–Kier alpha value is -1.92. The predicted octanol–water partition coefficient (Wildman–Crippen LogP) is -0.124. The molecule has 0 bridgehead atoms. The van der Waals surface area contributed by atoms with Gasteiger partial charge in [-0.2, -0.15) is 4.99 Å². The van der Waals surface area contributed by atoms with E-state index in [4.69, 9.17) is 0 Å². The van der Waals surface area contributed by atoms with Crippen molar-refractivity contribution in [1.82, 2.24) is 16.0 Å². The average Bonchev–Trinajstić information content (AvgIpc) is 2.52. The first-order chi connectivity index (χ1) is 7.57. The number of amides is 5. The molecule has 0 aliphatic carbocycles. The molecule has 16 heavy (non-hydrogen) atoms. The molecule has 0 aromatic rings. The number of rotatable bonds is 3. The second kappa shape index (κ2) is 3.58. The molecular weight excluding hydrogens is 212 g/mol. The number of carbonyl (C=O) groups is 3. The zero-order chi connectivity index (χ0) is 11.8. The SMILES string of the molecule is CCCCC12NC(=O)N=C1C(=O)NC(=O)N2. The summed E-state index contributed by atoms with van der Waals surface area (Å²) in [6, 6.07) is -1.20. The zero-order valence-corrected chi connectivity index (χ0v) is 8.79. The summed E-state index contributed by atoms with van der Waals surface area (Å²) in [5, 5.41) is 7.14. The van der Waals surface area contributed by atoms with Crippen LogP contribution in [0.4, 0.5) is 9.59 Å². The molecule has 0 radical (unpaired) electrons. The van der Waals surface area contributed by atoms with Crippen molar-refractivity contribution in [3.8, 4) is 0 Å². The van der Waals surface area contributed by atoms with E-state index in [9.17, 15) is 14.4 Å². The molecule has 0 aromatic carbocycles. The van der Waals surface area contributed by atoms with Gasteiger partial charge >= 0.3 is 12.1 Å². The van der Waals surface area contributed by atoms with Gasteiger partial charge in [-0.25, -0.2) is 9.59 Å². The quantitative estimate of drug-likeness (QED) is 0.622. The number of fused-ring (bicyclic) bond motifs is 1. The van der Waals surface area contributed by atoms with E-state index in [-0.39, 0.29) is 5.71 Å². The number of unbranched alkanes of at least 4 members (excludes halogenated alkanes) is 1. The van der Waals surface area contributed by atoms with Crippen molar-refractivity contribution in [2.24, 2.45) is 4.99 Å². The highest BCUT2D eigenvalue weighted by Gasteiger charge is 2.50. The third kappa shape index (κ3) is 1.54. The highest BCUT2D eigenvalue weighted by Crippen LogP contribution is 2.21. The van der Waals surface area contributed by atoms with Gasteiger partial charge in [-0.1, -0.05) is 13.3 Å². The predicted molar refractivity (Wildman–Crippen MR) is 54.9 cm³/mol. The fourth-order valence-electron chi connectivity index (χ4n) is 1.87. The maximum atomic E-state index is 11.5. The van der Waals surface area contributed by atoms with Crippen molar-refractivity contribution in [2.45, 2.75) is 31.8 Å². The highest BCUT2D eigenvalue weighted by molar-refractivity contribution is 6.49. The second-order valence-electron chi connectivity index (χ2n) is 3.81. The minimum absolute atomic E-state index is 0.0468. The molecule has 2 rings (SSSR count). The third-order valence-corrected chi connectivity index (χ3v) is 2.61. The van der Waals surface area contributed by atoms with E-state index in [1.165, 1.54) is 0 Å². The first-order valence-corrected chi connectivity index (χ1v) is 5.12. The smallest absolute Gasteiger partial charge is 0.309 e. The number of carbonyl (C=O) groups excluding carboxylic acids is 3. The number of urea groups is 2. The molecule has 0 aromatic heterocycles. The molecule has 3 N–H and O–H groups in total. The molecule has 1 fully saturated rings. The van der Waals surface area contributed by atoms with Gasteiger partial charge in [0.2, 0.25) is 0 Å². The Balaban J connectivity index is 2.31. The number of nitrogens with zero attached hydrogens (tertiary/aromatic N) is 1. The Bertz CT molecular complexity index is 404. The van der Waals surface area contributed by atoms with E-state index < -0.39 is 23.6 Å². The van der Waals surface area contributed by atoms with Crippen molar-refractivity contribution < 1.29 is 14.4 Å². The van der Waals surface area contributed by atoms with Gasteiger partial charge in [-0.15, -0.1) is 0 Å². The van der Waals surface area contributed by atoms with Crippen LogP contribution in [0.2, 0.25) is 0 Å². The summed E-state index contributed by atoms with van der Waals surface area (Å²) in [6.07, 6.45) is 2.13. The molecule has 1 atom stereocenters. The van der Waals surface area contributed by atoms with Crippen molar-refractivity contribution in [2.75, 3.05) is 0 Å². The van der Waals surface area contributed by atoms with Gasteiger partial charge in [0.1, 0.15) is 0 Å². The topological polar surface area (TPSA) is 99.7 Å². The van der Waals surface area contributed by atoms with Crippen LogP contribution in [0.5, 0.6) is 0 Å². The van der Waals surface area contributed by atoms with Gasteiger partial charge in [0.05, 0.1) is 0 Å². The number of hydrogen-bond acceptors (Lipinski definition) is 3. The summed E-state index contributed by atoms with van der Waals surface area (Å²) < 4.78 is 0. The van der Waals surface area contributed by atoms with Gasteiger partial charge in [-0.05, 0) is 12.8 Å². The number of imide groups is 1. The van der Waals surface area contributed by atoms with E-state index in [1.807, 2.05) is 6.92 Å². The van der Waals surface area contributed by atoms with E-state index in [2.05, 4.69) is 20.9 Å². The highest BCUT2D eigenvalue weighted by atomic mass is 16.2. The van der Waals surface area contributed by atoms with Crippen LogP contribution in [0.1, 0.15) is 26.2 Å². The van der Waals surface area contributed by atoms with Crippen LogP contribution in [0.3, 0.4) is 0 Å². The van der Waals surface area contributed by atoms with Gasteiger partial charge in [0.25, 0.3) is 5.91 Å². The molecule has 5 amide bonds. The summed E-state index contributed by atoms with van der Waals surface area (Å²) in [4.78, 5) is 37.5. The summed E-state index contributed by atoms with van der Waals surface area (Å²) >= 11 is 0. The van der Waals surface area contributed by atoms with Gasteiger partial charge in [0, 0.05) is 0 Å². The fourth-order valence-corrected chi connectivity index (χ4v) is 1.87. The maximum absolute atomic E-state index is 11.5. The largest absolute Gasteiger partial charge is 0.343 e. The fraction of sp³-hybridized carbons (Fsp3) is 0.556. The van der Waals surface area contributed by atoms with Crippen molar-refractivity contribution >= 4 is 23.7 Å². The lowest BCUT2D eigenvalue weighted by Gasteiger charge is -2.34. The lowest BCUT2D eigenvalue weighted by molar-refractivity contribution is -0.114. The number of hydrogen-bond donors (Lipinski definition) is 3. The zero-order valence-electron chi connectivity index (χ0n) is 8.79. The van der Waals surface area contributed by atoms with E-state index >= 15 is 0 Å². The van der Waals surface area contributed by atoms with Gasteiger partial charge in [0.15, 0.2) is 11.4 Å². The minimum Gasteiger partial charge on any atom is -0.309 e. The summed E-state index contributed by atoms with van der Waals surface area (Å²) in [7, 11) is 0. The van der Waals surface area contributed by atoms with Crippen LogP contribution < -0.4 is 16.0 Å². The monoisotopic (exact) mass is 224 g/mol. The summed E-state index contributed by atoms with van der Waals surface area (Å²) in [6.45, 7) is 1.98. The Labute approximate surface area is 91.7 Å². The second-order valence-corrected chi connectivity index (χ2v) is 3.81. The normalized spacial score (nSPS) is 27.8. The first kappa shape index (κ1) is 10.6. The molecule has 86 valence electrons. The maximum Gasteiger partial charge on any atom is 0.343 e. The van der Waals surface area contributed by atoms with E-state index in [1.54, 1.807) is 0 Å². The lowest BCUT2D eigenvalue weighted by atomic mass is 9.95. The average molecular weight is 224 g/mol. The first-order valence-electron chi connectivity index (χ1n) is 5.12. The number of aliphatic imine (C=N–C) groups is 1. The van der Waals surface area contributed by atoms with Gasteiger partial charge in [-0.3, -0.25) is 10.1 Å². The van der Waals surface area contributed by atoms with Crippen LogP contribution in [0.25, 0.3) is 0 Å². The molecule has 2 aliphatic rings. The minimum atomic E-state index is -1.10. The Morgan fingerprint density at radius 3 is 2.69 bits per heavy atom. The summed E-state index contributed by atoms with van der Waals surface area (Å²) in [5.74, 6) is -0.613. The molecule has 1 saturated heterocycles. The number of nitrogens with one attached hydrogen (secondary N) is 3. The molecular formula is C9H12N4O3. The van der Waals surface area contributed by atoms with Crippen LogP contribution in [0.15, 0.2) is 4.99 Å². The lowest BCUT2D eigenvalue weighted by Crippen LogP contribution is -2.71. The Morgan fingerprint density at radius 1 is 1.25 bits per heavy atom. The van der Waals surface area contributed by atoms with Crippen molar-refractivity contribution in [3.63, 3.8) is 0 Å². The molecule has 2 heterocycles. The molecule has 7 heteroatoms. The summed E-state index contributed by atoms with van der Waals surface area (Å²) in [5.41, 5.74) is -1.06. The van der Waals surface area contributed by atoms with Crippen molar-refractivity contribution in [3.05, 3.63) is 0 Å². The van der Waals surface area contributed by atoms with E-state index in [0.29, 0.717) is 6.42 Å². The third-order valence-electron chi connectivity index (χ3n) is 2.61. The van der Waals surface area contributed by atoms with Crippen LogP contribution in [-0.2, 0) is 4.79 Å². The Kier molecular flexibility index (Phi) is 2.37. The molecule has 1 unspecified atom stereocenters. The van der Waals surface area contributed by atoms with Crippen LogP contribution in [0, 0.1) is 0 Å².